The molecule has 0 amide bonds. The predicted molar refractivity (Wildman–Crippen MR) is 184 cm³/mol. The number of benzene rings is 3. The molecule has 0 aliphatic carbocycles. The maximum atomic E-state index is 13.3. The molecule has 3 aromatic rings. The Morgan fingerprint density at radius 1 is 0.762 bits per heavy atom. The Balaban J connectivity index is 2.22. The highest BCUT2D eigenvalue weighted by Gasteiger charge is 2.53. The van der Waals surface area contributed by atoms with Crippen molar-refractivity contribution in [2.24, 2.45) is 5.92 Å². The third-order valence-electron chi connectivity index (χ3n) is 8.83. The highest BCUT2D eigenvalue weighted by Crippen LogP contribution is 2.48. The predicted octanol–water partition coefficient (Wildman–Crippen LogP) is 8.96. The molecule has 0 heterocycles. The van der Waals surface area contributed by atoms with E-state index in [0.717, 1.165) is 20.4 Å². The van der Waals surface area contributed by atoms with E-state index in [0.29, 0.717) is 16.6 Å². The topological polar surface area (TPSA) is 55.8 Å². The van der Waals surface area contributed by atoms with E-state index in [-0.39, 0.29) is 11.6 Å². The number of hydrogen-bond acceptors (Lipinski definition) is 3. The van der Waals surface area contributed by atoms with Crippen LogP contribution in [0.3, 0.4) is 0 Å². The van der Waals surface area contributed by atoms with E-state index in [2.05, 4.69) is 103 Å². The zero-order valence-corrected chi connectivity index (χ0v) is 30.3. The molecule has 0 saturated heterocycles. The molecule has 0 spiro atoms. The highest BCUT2D eigenvalue weighted by molar-refractivity contribution is 9.10. The fourth-order valence-electron chi connectivity index (χ4n) is 6.96. The van der Waals surface area contributed by atoms with Crippen molar-refractivity contribution in [1.82, 2.24) is 0 Å². The molecule has 42 heavy (non-hydrogen) atoms. The van der Waals surface area contributed by atoms with Crippen LogP contribution in [0.1, 0.15) is 74.0 Å². The van der Waals surface area contributed by atoms with Gasteiger partial charge in [0.05, 0.1) is 12.7 Å². The highest BCUT2D eigenvalue weighted by atomic mass is 79.9. The summed E-state index contributed by atoms with van der Waals surface area (Å²) in [5, 5.41) is 12.9. The van der Waals surface area contributed by atoms with Gasteiger partial charge in [0.1, 0.15) is 5.92 Å². The SMILES string of the molecule is CC(C)[Si](O[C@@H](c1ccccc1Br)[C@H](CO[Si](c1ccccc1)(c1ccccc1)C(C)(C)C)C(=O)O)(C(C)C)C(C)C. The zero-order chi connectivity index (χ0) is 31.3. The molecule has 228 valence electrons. The van der Waals surface area contributed by atoms with Crippen molar-refractivity contribution in [2.45, 2.75) is 90.1 Å². The normalized spacial score (nSPS) is 14.4. The van der Waals surface area contributed by atoms with E-state index in [1.54, 1.807) is 0 Å². The van der Waals surface area contributed by atoms with Gasteiger partial charge < -0.3 is 14.0 Å². The average Bonchev–Trinajstić information content (AvgIpc) is 2.92. The Labute approximate surface area is 264 Å². The van der Waals surface area contributed by atoms with E-state index in [9.17, 15) is 9.90 Å². The number of halogens is 1. The van der Waals surface area contributed by atoms with Crippen LogP contribution >= 0.6 is 15.9 Å². The van der Waals surface area contributed by atoms with Gasteiger partial charge in [0.25, 0.3) is 8.32 Å². The third-order valence-corrected chi connectivity index (χ3v) is 20.6. The number of aliphatic carboxylic acids is 1. The summed E-state index contributed by atoms with van der Waals surface area (Å²) < 4.78 is 15.4. The quantitative estimate of drug-likeness (QED) is 0.185. The van der Waals surface area contributed by atoms with Crippen LogP contribution in [0.5, 0.6) is 0 Å². The Bertz CT molecular complexity index is 1230. The largest absolute Gasteiger partial charge is 0.481 e. The summed E-state index contributed by atoms with van der Waals surface area (Å²) >= 11 is 3.74. The van der Waals surface area contributed by atoms with Crippen molar-refractivity contribution in [1.29, 1.82) is 0 Å². The maximum Gasteiger partial charge on any atom is 0.311 e. The van der Waals surface area contributed by atoms with Crippen molar-refractivity contribution in [2.75, 3.05) is 6.61 Å². The van der Waals surface area contributed by atoms with Crippen molar-refractivity contribution in [3.05, 3.63) is 95.0 Å². The van der Waals surface area contributed by atoms with E-state index >= 15 is 0 Å². The maximum absolute atomic E-state index is 13.3. The van der Waals surface area contributed by atoms with Crippen LogP contribution in [0.25, 0.3) is 0 Å². The van der Waals surface area contributed by atoms with Crippen molar-refractivity contribution < 1.29 is 18.8 Å². The van der Waals surface area contributed by atoms with Gasteiger partial charge in [-0.1, -0.05) is 157 Å². The number of carboxylic acids is 1. The number of hydrogen-bond donors (Lipinski definition) is 1. The van der Waals surface area contributed by atoms with Crippen molar-refractivity contribution >= 4 is 48.9 Å². The van der Waals surface area contributed by atoms with Gasteiger partial charge in [0, 0.05) is 4.47 Å². The van der Waals surface area contributed by atoms with Crippen LogP contribution in [-0.4, -0.2) is 34.3 Å². The van der Waals surface area contributed by atoms with E-state index in [1.807, 2.05) is 60.7 Å². The van der Waals surface area contributed by atoms with Crippen molar-refractivity contribution in [3.8, 4) is 0 Å². The minimum absolute atomic E-state index is 0.0351. The molecule has 4 nitrogen and oxygen atoms in total. The molecule has 0 bridgehead atoms. The van der Waals surface area contributed by atoms with E-state index in [4.69, 9.17) is 8.85 Å². The van der Waals surface area contributed by atoms with Gasteiger partial charge in [-0.25, -0.2) is 0 Å². The first kappa shape index (κ1) is 34.5. The lowest BCUT2D eigenvalue weighted by molar-refractivity contribution is -0.147. The second-order valence-corrected chi connectivity index (χ2v) is 23.9. The fourth-order valence-corrected chi connectivity index (χ4v) is 17.6. The van der Waals surface area contributed by atoms with Crippen LogP contribution in [-0.2, 0) is 13.6 Å². The molecule has 7 heteroatoms. The van der Waals surface area contributed by atoms with Crippen LogP contribution in [0.15, 0.2) is 89.4 Å². The Morgan fingerprint density at radius 3 is 1.57 bits per heavy atom. The number of carboxylic acid groups (broad SMARTS) is 1. The second kappa shape index (κ2) is 14.2. The molecule has 0 radical (unpaired) electrons. The van der Waals surface area contributed by atoms with Gasteiger partial charge in [0.2, 0.25) is 8.32 Å². The van der Waals surface area contributed by atoms with E-state index in [1.165, 1.54) is 0 Å². The lowest BCUT2D eigenvalue weighted by Crippen LogP contribution is -2.67. The van der Waals surface area contributed by atoms with Gasteiger partial charge in [-0.15, -0.1) is 0 Å². The van der Waals surface area contributed by atoms with Gasteiger partial charge >= 0.3 is 5.97 Å². The summed E-state index contributed by atoms with van der Waals surface area (Å²) in [6, 6.07) is 28.6. The Hall–Kier alpha value is -2.04. The molecule has 0 aliphatic heterocycles. The molecule has 0 aliphatic rings. The first-order chi connectivity index (χ1) is 19.7. The van der Waals surface area contributed by atoms with Crippen LogP contribution < -0.4 is 10.4 Å². The molecule has 2 atom stereocenters. The second-order valence-electron chi connectivity index (χ2n) is 13.3. The van der Waals surface area contributed by atoms with Gasteiger partial charge in [-0.2, -0.15) is 0 Å². The summed E-state index contributed by atoms with van der Waals surface area (Å²) in [7, 11) is -5.43. The molecule has 0 unspecified atom stereocenters. The molecule has 3 aromatic carbocycles. The molecule has 1 N–H and O–H groups in total. The third kappa shape index (κ3) is 6.86. The number of rotatable bonds is 13. The van der Waals surface area contributed by atoms with Gasteiger partial charge in [-0.3, -0.25) is 4.79 Å². The van der Waals surface area contributed by atoms with Crippen LogP contribution in [0.4, 0.5) is 0 Å². The smallest absolute Gasteiger partial charge is 0.311 e. The minimum atomic E-state index is -2.96. The lowest BCUT2D eigenvalue weighted by Gasteiger charge is -2.47. The van der Waals surface area contributed by atoms with Crippen molar-refractivity contribution in [3.63, 3.8) is 0 Å². The summed E-state index contributed by atoms with van der Waals surface area (Å²) in [6.45, 7) is 20.1. The standard InChI is InChI=1S/C35H49BrO4Si2/c1-25(2)41(26(3)4,27(5)6)40-33(30-22-16-17-23-32(30)36)31(34(37)38)24-39-42(35(7,8)9,28-18-12-10-13-19-28)29-20-14-11-15-21-29/h10-23,25-27,31,33H,24H2,1-9H3,(H,37,38)/t31-,33-/m0/s1. The zero-order valence-electron chi connectivity index (χ0n) is 26.7. The first-order valence-corrected chi connectivity index (χ1v) is 19.9. The summed E-state index contributed by atoms with van der Waals surface area (Å²) in [5.41, 5.74) is 1.76. The fraction of sp³-hybridized carbons (Fsp3) is 0.457. The average molecular weight is 670 g/mol. The molecular formula is C35H49BrO4Si2. The molecule has 3 rings (SSSR count). The molecule has 0 fully saturated rings. The molecule has 0 saturated carbocycles. The van der Waals surface area contributed by atoms with Gasteiger partial charge in [0.15, 0.2) is 0 Å². The monoisotopic (exact) mass is 668 g/mol. The summed E-state index contributed by atoms with van der Waals surface area (Å²) in [4.78, 5) is 13.3. The first-order valence-electron chi connectivity index (χ1n) is 15.1. The van der Waals surface area contributed by atoms with Crippen LogP contribution in [0.2, 0.25) is 21.7 Å². The Kier molecular flexibility index (Phi) is 11.6. The van der Waals surface area contributed by atoms with E-state index < -0.39 is 34.6 Å². The summed E-state index contributed by atoms with van der Waals surface area (Å²) in [6.07, 6.45) is -0.671. The van der Waals surface area contributed by atoms with Crippen LogP contribution in [0, 0.1) is 5.92 Å². The molecule has 0 aromatic heterocycles. The molecular weight excluding hydrogens is 620 g/mol. The Morgan fingerprint density at radius 2 is 1.19 bits per heavy atom. The lowest BCUT2D eigenvalue weighted by atomic mass is 9.96. The minimum Gasteiger partial charge on any atom is -0.481 e. The van der Waals surface area contributed by atoms with Gasteiger partial charge in [-0.05, 0) is 43.7 Å². The number of carbonyl (C=O) groups is 1. The summed E-state index contributed by atoms with van der Waals surface area (Å²) in [5.74, 6) is -1.82.